The zero-order valence-electron chi connectivity index (χ0n) is 17.3. The molecule has 3 rings (SSSR count). The molecule has 0 aliphatic heterocycles. The molecule has 0 aliphatic carbocycles. The van der Waals surface area contributed by atoms with Gasteiger partial charge in [-0.25, -0.2) is 4.98 Å². The second-order valence-electron chi connectivity index (χ2n) is 7.83. The molecule has 0 spiro atoms. The van der Waals surface area contributed by atoms with Gasteiger partial charge in [0, 0.05) is 12.6 Å². The predicted molar refractivity (Wildman–Crippen MR) is 114 cm³/mol. The Morgan fingerprint density at radius 1 is 1.07 bits per heavy atom. The first-order valence-electron chi connectivity index (χ1n) is 9.80. The zero-order chi connectivity index (χ0) is 20.3. The fraction of sp³-hybridized carbons (Fsp3) is 0.476. The number of rotatable bonds is 8. The second kappa shape index (κ2) is 8.56. The Balaban J connectivity index is 1.95. The summed E-state index contributed by atoms with van der Waals surface area (Å²) in [7, 11) is 0. The van der Waals surface area contributed by atoms with E-state index in [1.54, 1.807) is 6.33 Å². The van der Waals surface area contributed by atoms with Crippen LogP contribution >= 0.6 is 0 Å². The van der Waals surface area contributed by atoms with Crippen LogP contribution in [0.3, 0.4) is 0 Å². The van der Waals surface area contributed by atoms with Gasteiger partial charge >= 0.3 is 0 Å². The average Bonchev–Trinajstić information content (AvgIpc) is 3.09. The van der Waals surface area contributed by atoms with E-state index in [1.807, 2.05) is 4.57 Å². The van der Waals surface area contributed by atoms with Crippen molar-refractivity contribution >= 4 is 22.9 Å². The number of fused-ring (bicyclic) bond motifs is 1. The predicted octanol–water partition coefficient (Wildman–Crippen LogP) is 3.76. The first-order chi connectivity index (χ1) is 13.4. The highest BCUT2D eigenvalue weighted by molar-refractivity contribution is 5.84. The van der Waals surface area contributed by atoms with E-state index in [9.17, 15) is 5.11 Å². The van der Waals surface area contributed by atoms with Crippen LogP contribution in [-0.4, -0.2) is 37.3 Å². The third-order valence-electron chi connectivity index (χ3n) is 4.87. The van der Waals surface area contributed by atoms with Crippen molar-refractivity contribution in [2.75, 3.05) is 17.2 Å². The van der Waals surface area contributed by atoms with Crippen molar-refractivity contribution in [1.29, 1.82) is 0 Å². The van der Waals surface area contributed by atoms with Gasteiger partial charge in [-0.1, -0.05) is 43.7 Å². The van der Waals surface area contributed by atoms with Crippen LogP contribution in [0.15, 0.2) is 30.6 Å². The molecule has 0 fully saturated rings. The van der Waals surface area contributed by atoms with Crippen molar-refractivity contribution in [1.82, 2.24) is 19.5 Å². The van der Waals surface area contributed by atoms with Gasteiger partial charge in [-0.3, -0.25) is 0 Å². The maximum Gasteiger partial charge on any atom is 0.227 e. The zero-order valence-corrected chi connectivity index (χ0v) is 17.3. The molecule has 1 aromatic carbocycles. The van der Waals surface area contributed by atoms with Gasteiger partial charge in [0.25, 0.3) is 0 Å². The molecule has 7 heteroatoms. The number of aryl methyl sites for hydroxylation is 1. The fourth-order valence-electron chi connectivity index (χ4n) is 2.96. The molecule has 0 radical (unpaired) electrons. The minimum Gasteiger partial charge on any atom is -0.394 e. The van der Waals surface area contributed by atoms with Crippen LogP contribution < -0.4 is 10.6 Å². The van der Waals surface area contributed by atoms with E-state index in [2.05, 4.69) is 84.5 Å². The summed E-state index contributed by atoms with van der Waals surface area (Å²) in [5, 5.41) is 16.3. The van der Waals surface area contributed by atoms with Crippen molar-refractivity contribution in [3.63, 3.8) is 0 Å². The van der Waals surface area contributed by atoms with Gasteiger partial charge in [-0.05, 0) is 32.3 Å². The fourth-order valence-corrected chi connectivity index (χ4v) is 2.96. The normalized spacial score (nSPS) is 12.7. The minimum atomic E-state index is -0.113. The Morgan fingerprint density at radius 3 is 2.39 bits per heavy atom. The third kappa shape index (κ3) is 4.42. The van der Waals surface area contributed by atoms with Crippen molar-refractivity contribution < 1.29 is 5.11 Å². The number of nitrogens with one attached hydrogen (secondary N) is 2. The highest BCUT2D eigenvalue weighted by Gasteiger charge is 2.18. The van der Waals surface area contributed by atoms with Crippen LogP contribution in [0.2, 0.25) is 0 Å². The molecule has 150 valence electrons. The van der Waals surface area contributed by atoms with E-state index < -0.39 is 0 Å². The quantitative estimate of drug-likeness (QED) is 0.550. The van der Waals surface area contributed by atoms with Gasteiger partial charge in [0.15, 0.2) is 17.0 Å². The van der Waals surface area contributed by atoms with E-state index in [-0.39, 0.29) is 24.6 Å². The van der Waals surface area contributed by atoms with Gasteiger partial charge in [0.2, 0.25) is 5.95 Å². The number of nitrogens with zero attached hydrogens (tertiary/aromatic N) is 4. The van der Waals surface area contributed by atoms with E-state index in [1.165, 1.54) is 11.1 Å². The molecule has 0 saturated heterocycles. The Bertz CT molecular complexity index is 917. The number of aromatic nitrogens is 4. The largest absolute Gasteiger partial charge is 0.394 e. The highest BCUT2D eigenvalue weighted by Crippen LogP contribution is 2.24. The first-order valence-corrected chi connectivity index (χ1v) is 9.80. The highest BCUT2D eigenvalue weighted by atomic mass is 16.3. The van der Waals surface area contributed by atoms with Crippen LogP contribution in [0.4, 0.5) is 11.8 Å². The molecule has 2 aromatic heterocycles. The van der Waals surface area contributed by atoms with Gasteiger partial charge in [0.1, 0.15) is 0 Å². The molecule has 2 heterocycles. The van der Waals surface area contributed by atoms with E-state index in [0.717, 1.165) is 11.2 Å². The number of anilines is 2. The van der Waals surface area contributed by atoms with Crippen LogP contribution in [-0.2, 0) is 6.54 Å². The van der Waals surface area contributed by atoms with Crippen LogP contribution in [0.1, 0.15) is 44.9 Å². The summed E-state index contributed by atoms with van der Waals surface area (Å²) in [5.74, 6) is 1.44. The summed E-state index contributed by atoms with van der Waals surface area (Å²) in [5.41, 5.74) is 3.93. The Morgan fingerprint density at radius 2 is 1.79 bits per heavy atom. The SMILES string of the molecule is Cc1ccc(CNc2nc(N[C@H](CO)C(C)C)nc3c2ncn3C(C)C)cc1. The van der Waals surface area contributed by atoms with Gasteiger partial charge in [-0.15, -0.1) is 0 Å². The smallest absolute Gasteiger partial charge is 0.227 e. The molecule has 0 saturated carbocycles. The minimum absolute atomic E-state index is 0.0225. The first kappa shape index (κ1) is 20.1. The Kier molecular flexibility index (Phi) is 6.14. The van der Waals surface area contributed by atoms with Gasteiger partial charge < -0.3 is 20.3 Å². The van der Waals surface area contributed by atoms with Crippen LogP contribution in [0.5, 0.6) is 0 Å². The van der Waals surface area contributed by atoms with Crippen molar-refractivity contribution in [3.05, 3.63) is 41.7 Å². The summed E-state index contributed by atoms with van der Waals surface area (Å²) in [6.07, 6.45) is 1.80. The standard InChI is InChI=1S/C21H30N6O/c1-13(2)17(11-28)24-21-25-19(22-10-16-8-6-15(5)7-9-16)18-20(26-21)27(12-23-18)14(3)4/h6-9,12-14,17,28H,10-11H2,1-5H3,(H2,22,24,25,26)/t17-/m1/s1. The lowest BCUT2D eigenvalue weighted by atomic mass is 10.1. The van der Waals surface area contributed by atoms with Crippen molar-refractivity contribution in [3.8, 4) is 0 Å². The average molecular weight is 383 g/mol. The van der Waals surface area contributed by atoms with Crippen LogP contribution in [0.25, 0.3) is 11.2 Å². The molecule has 28 heavy (non-hydrogen) atoms. The second-order valence-corrected chi connectivity index (χ2v) is 7.83. The number of imidazole rings is 1. The van der Waals surface area contributed by atoms with Gasteiger partial charge in [-0.2, -0.15) is 9.97 Å². The number of hydrogen-bond acceptors (Lipinski definition) is 6. The summed E-state index contributed by atoms with van der Waals surface area (Å²) >= 11 is 0. The molecule has 3 N–H and O–H groups in total. The molecule has 0 bridgehead atoms. The number of benzene rings is 1. The molecular weight excluding hydrogens is 352 g/mol. The Hall–Kier alpha value is -2.67. The number of aliphatic hydroxyl groups excluding tert-OH is 1. The van der Waals surface area contributed by atoms with E-state index in [4.69, 9.17) is 0 Å². The summed E-state index contributed by atoms with van der Waals surface area (Å²) in [4.78, 5) is 13.9. The summed E-state index contributed by atoms with van der Waals surface area (Å²) in [6.45, 7) is 11.1. The molecular formula is C21H30N6O. The van der Waals surface area contributed by atoms with E-state index in [0.29, 0.717) is 18.3 Å². The van der Waals surface area contributed by atoms with Crippen LogP contribution in [0, 0.1) is 12.8 Å². The lowest BCUT2D eigenvalue weighted by molar-refractivity contribution is 0.248. The summed E-state index contributed by atoms with van der Waals surface area (Å²) in [6, 6.07) is 8.53. The number of hydrogen-bond donors (Lipinski definition) is 3. The Labute approximate surface area is 166 Å². The monoisotopic (exact) mass is 382 g/mol. The molecule has 7 nitrogen and oxygen atoms in total. The van der Waals surface area contributed by atoms with E-state index >= 15 is 0 Å². The van der Waals surface area contributed by atoms with Gasteiger partial charge in [0.05, 0.1) is 19.0 Å². The maximum absolute atomic E-state index is 9.67. The summed E-state index contributed by atoms with van der Waals surface area (Å²) < 4.78 is 2.03. The lowest BCUT2D eigenvalue weighted by Gasteiger charge is -2.20. The molecule has 0 aliphatic rings. The third-order valence-corrected chi connectivity index (χ3v) is 4.87. The lowest BCUT2D eigenvalue weighted by Crippen LogP contribution is -2.30. The molecule has 0 amide bonds. The molecule has 3 aromatic rings. The molecule has 1 atom stereocenters. The number of aliphatic hydroxyl groups is 1. The van der Waals surface area contributed by atoms with Crippen molar-refractivity contribution in [2.45, 2.75) is 53.2 Å². The molecule has 0 unspecified atom stereocenters. The van der Waals surface area contributed by atoms with Crippen molar-refractivity contribution in [2.24, 2.45) is 5.92 Å². The maximum atomic E-state index is 9.67. The topological polar surface area (TPSA) is 87.9 Å².